The van der Waals surface area contributed by atoms with E-state index in [1.165, 1.54) is 0 Å². The molecule has 0 aromatic heterocycles. The first-order chi connectivity index (χ1) is 6.58. The second-order valence-electron chi connectivity index (χ2n) is 3.90. The van der Waals surface area contributed by atoms with E-state index in [0.29, 0.717) is 6.54 Å². The third-order valence-corrected chi connectivity index (χ3v) is 4.61. The van der Waals surface area contributed by atoms with Gasteiger partial charge in [-0.25, -0.2) is 0 Å². The standard InChI is InChI=1S/C10H18ClNOS/c1-3-8(11)7-12-9(13)10(2)5-4-6-14-10/h8H,3-7H2,1-2H3,(H,12,13). The average Bonchev–Trinajstić information content (AvgIpc) is 2.62. The molecule has 2 atom stereocenters. The summed E-state index contributed by atoms with van der Waals surface area (Å²) in [6.07, 6.45) is 3.03. The van der Waals surface area contributed by atoms with Crippen LogP contribution in [0.5, 0.6) is 0 Å². The first-order valence-corrected chi connectivity index (χ1v) is 6.57. The zero-order valence-corrected chi connectivity index (χ0v) is 10.4. The van der Waals surface area contributed by atoms with E-state index < -0.39 is 0 Å². The fourth-order valence-corrected chi connectivity index (χ4v) is 2.80. The highest BCUT2D eigenvalue weighted by Gasteiger charge is 2.36. The molecule has 1 aliphatic rings. The summed E-state index contributed by atoms with van der Waals surface area (Å²) in [7, 11) is 0. The van der Waals surface area contributed by atoms with E-state index >= 15 is 0 Å². The summed E-state index contributed by atoms with van der Waals surface area (Å²) in [4.78, 5) is 11.8. The largest absolute Gasteiger partial charge is 0.353 e. The second kappa shape index (κ2) is 5.26. The second-order valence-corrected chi connectivity index (χ2v) is 6.11. The fraction of sp³-hybridized carbons (Fsp3) is 0.900. The van der Waals surface area contributed by atoms with Crippen LogP contribution in [0.25, 0.3) is 0 Å². The number of nitrogens with one attached hydrogen (secondary N) is 1. The number of alkyl halides is 1. The maximum atomic E-state index is 11.8. The molecule has 0 bridgehead atoms. The smallest absolute Gasteiger partial charge is 0.235 e. The van der Waals surface area contributed by atoms with Crippen LogP contribution in [0.2, 0.25) is 0 Å². The number of halogens is 1. The maximum absolute atomic E-state index is 11.8. The lowest BCUT2D eigenvalue weighted by Gasteiger charge is -2.22. The number of rotatable bonds is 4. The molecule has 1 saturated heterocycles. The Morgan fingerprint density at radius 3 is 2.93 bits per heavy atom. The Morgan fingerprint density at radius 2 is 2.43 bits per heavy atom. The Kier molecular flexibility index (Phi) is 4.58. The summed E-state index contributed by atoms with van der Waals surface area (Å²) in [6, 6.07) is 0. The molecular weight excluding hydrogens is 218 g/mol. The Bertz CT molecular complexity index is 204. The van der Waals surface area contributed by atoms with Crippen molar-refractivity contribution in [2.24, 2.45) is 0 Å². The number of carbonyl (C=O) groups excluding carboxylic acids is 1. The number of carbonyl (C=O) groups is 1. The Labute approximate surface area is 95.2 Å². The van der Waals surface area contributed by atoms with Crippen LogP contribution in [0.3, 0.4) is 0 Å². The van der Waals surface area contributed by atoms with E-state index in [1.807, 2.05) is 13.8 Å². The molecule has 2 unspecified atom stereocenters. The number of hydrogen-bond acceptors (Lipinski definition) is 2. The monoisotopic (exact) mass is 235 g/mol. The molecule has 2 nitrogen and oxygen atoms in total. The normalized spacial score (nSPS) is 28.8. The fourth-order valence-electron chi connectivity index (χ4n) is 1.49. The lowest BCUT2D eigenvalue weighted by atomic mass is 10.0. The summed E-state index contributed by atoms with van der Waals surface area (Å²) in [5, 5.41) is 2.99. The first-order valence-electron chi connectivity index (χ1n) is 5.15. The van der Waals surface area contributed by atoms with E-state index in [-0.39, 0.29) is 16.0 Å². The third-order valence-electron chi connectivity index (χ3n) is 2.63. The molecule has 4 heteroatoms. The third kappa shape index (κ3) is 3.06. The van der Waals surface area contributed by atoms with Crippen molar-refractivity contribution in [3.05, 3.63) is 0 Å². The molecule has 0 aromatic rings. The molecule has 1 amide bonds. The summed E-state index contributed by atoms with van der Waals surface area (Å²) in [6.45, 7) is 4.64. The van der Waals surface area contributed by atoms with Crippen molar-refractivity contribution in [1.29, 1.82) is 0 Å². The van der Waals surface area contributed by atoms with Gasteiger partial charge in [-0.1, -0.05) is 6.92 Å². The molecule has 1 heterocycles. The first kappa shape index (κ1) is 12.2. The van der Waals surface area contributed by atoms with Gasteiger partial charge in [0.25, 0.3) is 0 Å². The summed E-state index contributed by atoms with van der Waals surface area (Å²) >= 11 is 7.70. The van der Waals surface area contributed by atoms with Gasteiger partial charge in [-0.15, -0.1) is 23.4 Å². The summed E-state index contributed by atoms with van der Waals surface area (Å²) < 4.78 is -0.204. The highest BCUT2D eigenvalue weighted by atomic mass is 35.5. The van der Waals surface area contributed by atoms with Crippen molar-refractivity contribution >= 4 is 29.3 Å². The zero-order chi connectivity index (χ0) is 10.6. The van der Waals surface area contributed by atoms with Crippen molar-refractivity contribution in [3.63, 3.8) is 0 Å². The number of hydrogen-bond donors (Lipinski definition) is 1. The molecule has 14 heavy (non-hydrogen) atoms. The minimum Gasteiger partial charge on any atom is -0.353 e. The van der Waals surface area contributed by atoms with E-state index in [9.17, 15) is 4.79 Å². The van der Waals surface area contributed by atoms with Gasteiger partial charge in [0.15, 0.2) is 0 Å². The van der Waals surface area contributed by atoms with E-state index in [4.69, 9.17) is 11.6 Å². The van der Waals surface area contributed by atoms with Gasteiger partial charge in [-0.3, -0.25) is 4.79 Å². The van der Waals surface area contributed by atoms with Crippen molar-refractivity contribution < 1.29 is 4.79 Å². The highest BCUT2D eigenvalue weighted by Crippen LogP contribution is 2.37. The van der Waals surface area contributed by atoms with E-state index in [1.54, 1.807) is 11.8 Å². The Hall–Kier alpha value is 0.110. The molecule has 0 aromatic carbocycles. The summed E-state index contributed by atoms with van der Waals surface area (Å²) in [5.41, 5.74) is 0. The minimum atomic E-state index is -0.204. The molecule has 0 radical (unpaired) electrons. The number of thioether (sulfide) groups is 1. The van der Waals surface area contributed by atoms with Crippen LogP contribution in [0.1, 0.15) is 33.1 Å². The lowest BCUT2D eigenvalue weighted by Crippen LogP contribution is -2.42. The number of amides is 1. The molecular formula is C10H18ClNOS. The van der Waals surface area contributed by atoms with Crippen molar-refractivity contribution in [1.82, 2.24) is 5.32 Å². The van der Waals surface area contributed by atoms with Crippen LogP contribution in [0.4, 0.5) is 0 Å². The van der Waals surface area contributed by atoms with Crippen LogP contribution in [0, 0.1) is 0 Å². The Morgan fingerprint density at radius 1 is 1.71 bits per heavy atom. The Balaban J connectivity index is 2.34. The zero-order valence-electron chi connectivity index (χ0n) is 8.81. The topological polar surface area (TPSA) is 29.1 Å². The summed E-state index contributed by atoms with van der Waals surface area (Å²) in [5.74, 6) is 1.25. The van der Waals surface area contributed by atoms with Gasteiger partial charge in [-0.05, 0) is 31.9 Å². The molecule has 0 saturated carbocycles. The SMILES string of the molecule is CCC(Cl)CNC(=O)C1(C)CCCS1. The van der Waals surface area contributed by atoms with Gasteiger partial charge < -0.3 is 5.32 Å². The van der Waals surface area contributed by atoms with Gasteiger partial charge >= 0.3 is 0 Å². The molecule has 82 valence electrons. The van der Waals surface area contributed by atoms with Gasteiger partial charge in [0.1, 0.15) is 0 Å². The predicted octanol–water partition coefficient (Wildman–Crippen LogP) is 2.41. The predicted molar refractivity (Wildman–Crippen MR) is 63.0 cm³/mol. The van der Waals surface area contributed by atoms with E-state index in [2.05, 4.69) is 5.32 Å². The minimum absolute atomic E-state index is 0.0638. The van der Waals surface area contributed by atoms with Gasteiger partial charge in [0, 0.05) is 6.54 Å². The molecule has 1 fully saturated rings. The van der Waals surface area contributed by atoms with Crippen LogP contribution < -0.4 is 5.32 Å². The quantitative estimate of drug-likeness (QED) is 0.759. The van der Waals surface area contributed by atoms with Gasteiger partial charge in [0.05, 0.1) is 10.1 Å². The lowest BCUT2D eigenvalue weighted by molar-refractivity contribution is -0.123. The molecule has 1 N–H and O–H groups in total. The average molecular weight is 236 g/mol. The van der Waals surface area contributed by atoms with Gasteiger partial charge in [-0.2, -0.15) is 0 Å². The molecule has 1 rings (SSSR count). The van der Waals surface area contributed by atoms with Crippen LogP contribution in [0.15, 0.2) is 0 Å². The molecule has 0 aliphatic carbocycles. The molecule has 0 spiro atoms. The van der Waals surface area contributed by atoms with Gasteiger partial charge in [0.2, 0.25) is 5.91 Å². The highest BCUT2D eigenvalue weighted by molar-refractivity contribution is 8.01. The van der Waals surface area contributed by atoms with Crippen molar-refractivity contribution in [3.8, 4) is 0 Å². The van der Waals surface area contributed by atoms with Crippen LogP contribution >= 0.6 is 23.4 Å². The van der Waals surface area contributed by atoms with Crippen molar-refractivity contribution in [2.45, 2.75) is 43.2 Å². The van der Waals surface area contributed by atoms with Crippen molar-refractivity contribution in [2.75, 3.05) is 12.3 Å². The van der Waals surface area contributed by atoms with Crippen LogP contribution in [-0.2, 0) is 4.79 Å². The van der Waals surface area contributed by atoms with E-state index in [0.717, 1.165) is 25.0 Å². The maximum Gasteiger partial charge on any atom is 0.235 e. The molecule has 1 aliphatic heterocycles. The van der Waals surface area contributed by atoms with Crippen LogP contribution in [-0.4, -0.2) is 28.3 Å².